The number of nitrogens with one attached hydrogen (secondary N) is 3. The van der Waals surface area contributed by atoms with Crippen LogP contribution in [0.3, 0.4) is 0 Å². The van der Waals surface area contributed by atoms with Crippen LogP contribution in [0.15, 0.2) is 24.3 Å². The zero-order chi connectivity index (χ0) is 27.3. The molecule has 3 atom stereocenters. The van der Waals surface area contributed by atoms with Gasteiger partial charge in [0.25, 0.3) is 11.8 Å². The number of anilines is 1. The number of carbonyl (C=O) groups excluding carboxylic acids is 5. The van der Waals surface area contributed by atoms with Crippen molar-refractivity contribution >= 4 is 51.6 Å². The Morgan fingerprint density at radius 1 is 1.16 bits per heavy atom. The van der Waals surface area contributed by atoms with Crippen molar-refractivity contribution in [2.45, 2.75) is 50.2 Å². The fraction of sp³-hybridized carbons (Fsp3) is 0.455. The lowest BCUT2D eigenvalue weighted by atomic mass is 10.0. The van der Waals surface area contributed by atoms with Crippen LogP contribution in [0.4, 0.5) is 5.69 Å². The molecule has 0 spiro atoms. The van der Waals surface area contributed by atoms with Gasteiger partial charge in [0, 0.05) is 24.2 Å². The molecule has 2 heterocycles. The molecule has 2 fully saturated rings. The molecule has 0 bridgehead atoms. The molecule has 2 aliphatic heterocycles. The van der Waals surface area contributed by atoms with Gasteiger partial charge in [0.15, 0.2) is 0 Å². The average molecular weight is 538 g/mol. The number of hydrogen-bond acceptors (Lipinski definition) is 8. The molecule has 14 nitrogen and oxygen atoms in total. The maximum Gasteiger partial charge on any atom is 0.305 e. The van der Waals surface area contributed by atoms with Gasteiger partial charge in [-0.05, 0) is 43.5 Å². The number of hydrogen-bond donors (Lipinski definition) is 4. The SMILES string of the molecule is CS(=O)(=O)Nc1ccc(C(=O)NC2CCC(=O)N3CCCC(C(=O)NC(C=O)CC(=O)O)N3C2=O)cc1. The molecule has 0 aliphatic carbocycles. The number of sulfonamides is 1. The van der Waals surface area contributed by atoms with E-state index in [2.05, 4.69) is 15.4 Å². The Hall–Kier alpha value is -4.01. The van der Waals surface area contributed by atoms with Crippen molar-refractivity contribution in [2.24, 2.45) is 0 Å². The summed E-state index contributed by atoms with van der Waals surface area (Å²) in [5.41, 5.74) is 0.374. The van der Waals surface area contributed by atoms with Crippen molar-refractivity contribution in [1.82, 2.24) is 20.7 Å². The van der Waals surface area contributed by atoms with Gasteiger partial charge in [0.05, 0.1) is 18.7 Å². The molecule has 1 aromatic carbocycles. The van der Waals surface area contributed by atoms with Crippen LogP contribution >= 0.6 is 0 Å². The largest absolute Gasteiger partial charge is 0.481 e. The Morgan fingerprint density at radius 2 is 1.84 bits per heavy atom. The van der Waals surface area contributed by atoms with Gasteiger partial charge in [0.2, 0.25) is 21.8 Å². The molecule has 0 saturated carbocycles. The average Bonchev–Trinajstić information content (AvgIpc) is 2.94. The van der Waals surface area contributed by atoms with Crippen LogP contribution in [0.25, 0.3) is 0 Å². The van der Waals surface area contributed by atoms with E-state index in [1.54, 1.807) is 0 Å². The molecule has 3 rings (SSSR count). The lowest BCUT2D eigenvalue weighted by molar-refractivity contribution is -0.176. The first-order chi connectivity index (χ1) is 17.4. The van der Waals surface area contributed by atoms with E-state index in [-0.39, 0.29) is 43.3 Å². The summed E-state index contributed by atoms with van der Waals surface area (Å²) in [7, 11) is -3.51. The van der Waals surface area contributed by atoms with Crippen molar-refractivity contribution in [2.75, 3.05) is 17.5 Å². The van der Waals surface area contributed by atoms with Gasteiger partial charge < -0.3 is 20.5 Å². The first kappa shape index (κ1) is 27.6. The summed E-state index contributed by atoms with van der Waals surface area (Å²) in [6, 6.07) is 1.84. The minimum Gasteiger partial charge on any atom is -0.481 e. The Balaban J connectivity index is 1.77. The number of aliphatic carboxylic acids is 1. The number of hydrazine groups is 1. The number of carboxylic acid groups (broad SMARTS) is 1. The molecule has 15 heteroatoms. The fourth-order valence-electron chi connectivity index (χ4n) is 4.15. The topological polar surface area (TPSA) is 199 Å². The maximum atomic E-state index is 13.4. The predicted octanol–water partition coefficient (Wildman–Crippen LogP) is -1.16. The van der Waals surface area contributed by atoms with Crippen molar-refractivity contribution in [1.29, 1.82) is 0 Å². The van der Waals surface area contributed by atoms with Gasteiger partial charge in [-0.1, -0.05) is 0 Å². The number of fused-ring (bicyclic) bond motifs is 1. The Kier molecular flexibility index (Phi) is 8.47. The standard InChI is InChI=1S/C22H27N5O9S/c1-37(35,36)25-14-6-4-13(5-7-14)20(32)24-16-8-9-18(29)26-10-2-3-17(27(26)22(16)34)21(33)23-15(12-28)11-19(30)31/h4-7,12,15-17,25H,2-3,8-11H2,1H3,(H,23,33)(H,24,32)(H,30,31). The van der Waals surface area contributed by atoms with E-state index >= 15 is 0 Å². The summed E-state index contributed by atoms with van der Waals surface area (Å²) in [6.07, 6.45) is 1.08. The summed E-state index contributed by atoms with van der Waals surface area (Å²) in [5.74, 6) is -3.85. The number of carbonyl (C=O) groups is 6. The lowest BCUT2D eigenvalue weighted by Crippen LogP contribution is -2.64. The first-order valence-corrected chi connectivity index (χ1v) is 13.3. The molecule has 0 radical (unpaired) electrons. The first-order valence-electron chi connectivity index (χ1n) is 11.4. The van der Waals surface area contributed by atoms with Crippen LogP contribution in [0, 0.1) is 0 Å². The van der Waals surface area contributed by atoms with Crippen LogP contribution < -0.4 is 15.4 Å². The normalized spacial score (nSPS) is 20.8. The van der Waals surface area contributed by atoms with Crippen LogP contribution in [0.1, 0.15) is 42.5 Å². The van der Waals surface area contributed by atoms with E-state index in [0.717, 1.165) is 16.3 Å². The van der Waals surface area contributed by atoms with Crippen molar-refractivity contribution < 1.29 is 42.3 Å². The Labute approximate surface area is 212 Å². The van der Waals surface area contributed by atoms with E-state index in [9.17, 15) is 37.2 Å². The number of nitrogens with zero attached hydrogens (tertiary/aromatic N) is 2. The summed E-state index contributed by atoms with van der Waals surface area (Å²) >= 11 is 0. The summed E-state index contributed by atoms with van der Waals surface area (Å²) in [6.45, 7) is 0.177. The number of amides is 4. The molecule has 4 N–H and O–H groups in total. The molecule has 37 heavy (non-hydrogen) atoms. The highest BCUT2D eigenvalue weighted by molar-refractivity contribution is 7.92. The molecule has 0 aromatic heterocycles. The molecule has 200 valence electrons. The second-order valence-corrected chi connectivity index (χ2v) is 10.5. The third-order valence-corrected chi connectivity index (χ3v) is 6.41. The molecule has 1 aromatic rings. The second kappa shape index (κ2) is 11.4. The van der Waals surface area contributed by atoms with Gasteiger partial charge in [0.1, 0.15) is 18.4 Å². The van der Waals surface area contributed by atoms with Crippen LogP contribution in [-0.2, 0) is 34.0 Å². The van der Waals surface area contributed by atoms with E-state index in [0.29, 0.717) is 6.42 Å². The lowest BCUT2D eigenvalue weighted by Gasteiger charge is -2.43. The maximum absolute atomic E-state index is 13.4. The zero-order valence-corrected chi connectivity index (χ0v) is 20.7. The predicted molar refractivity (Wildman–Crippen MR) is 127 cm³/mol. The van der Waals surface area contributed by atoms with E-state index in [4.69, 9.17) is 5.11 Å². The van der Waals surface area contributed by atoms with Gasteiger partial charge in [-0.2, -0.15) is 0 Å². The fourth-order valence-corrected chi connectivity index (χ4v) is 4.72. The van der Waals surface area contributed by atoms with E-state index in [1.165, 1.54) is 24.3 Å². The smallest absolute Gasteiger partial charge is 0.305 e. The van der Waals surface area contributed by atoms with Gasteiger partial charge >= 0.3 is 5.97 Å². The molecule has 3 unspecified atom stereocenters. The number of rotatable bonds is 9. The molecular weight excluding hydrogens is 510 g/mol. The van der Waals surface area contributed by atoms with Crippen LogP contribution in [-0.4, -0.2) is 90.4 Å². The minimum absolute atomic E-state index is 0.0194. The highest BCUT2D eigenvalue weighted by Crippen LogP contribution is 2.25. The molecule has 4 amide bonds. The highest BCUT2D eigenvalue weighted by Gasteiger charge is 2.45. The summed E-state index contributed by atoms with van der Waals surface area (Å²) in [5, 5.41) is 15.9. The molecule has 2 aliphatic rings. The Morgan fingerprint density at radius 3 is 2.43 bits per heavy atom. The molecule has 2 saturated heterocycles. The Bertz CT molecular complexity index is 1200. The number of carboxylic acids is 1. The van der Waals surface area contributed by atoms with E-state index < -0.39 is 64.2 Å². The quantitative estimate of drug-likeness (QED) is 0.281. The molecular formula is C22H27N5O9S. The van der Waals surface area contributed by atoms with E-state index in [1.807, 2.05) is 0 Å². The third-order valence-electron chi connectivity index (χ3n) is 5.81. The highest BCUT2D eigenvalue weighted by atomic mass is 32.2. The zero-order valence-electron chi connectivity index (χ0n) is 19.9. The number of benzene rings is 1. The van der Waals surface area contributed by atoms with Gasteiger partial charge in [-0.25, -0.2) is 13.4 Å². The van der Waals surface area contributed by atoms with Crippen molar-refractivity contribution in [3.63, 3.8) is 0 Å². The van der Waals surface area contributed by atoms with Crippen molar-refractivity contribution in [3.8, 4) is 0 Å². The monoisotopic (exact) mass is 537 g/mol. The minimum atomic E-state index is -3.51. The van der Waals surface area contributed by atoms with Crippen LogP contribution in [0.5, 0.6) is 0 Å². The summed E-state index contributed by atoms with van der Waals surface area (Å²) < 4.78 is 25.0. The van der Waals surface area contributed by atoms with Gasteiger partial charge in [-0.15, -0.1) is 0 Å². The van der Waals surface area contributed by atoms with Crippen LogP contribution in [0.2, 0.25) is 0 Å². The third kappa shape index (κ3) is 7.03. The second-order valence-electron chi connectivity index (χ2n) is 8.72. The summed E-state index contributed by atoms with van der Waals surface area (Å²) in [4.78, 5) is 74.1. The number of aldehydes is 1. The van der Waals surface area contributed by atoms with Gasteiger partial charge in [-0.3, -0.25) is 33.7 Å². The van der Waals surface area contributed by atoms with Crippen molar-refractivity contribution in [3.05, 3.63) is 29.8 Å².